The van der Waals surface area contributed by atoms with Crippen LogP contribution in [-0.4, -0.2) is 48.4 Å². The second kappa shape index (κ2) is 8.71. The van der Waals surface area contributed by atoms with Crippen LogP contribution in [0.15, 0.2) is 0 Å². The van der Waals surface area contributed by atoms with E-state index in [1.807, 2.05) is 6.92 Å². The first-order valence-electron chi connectivity index (χ1n) is 6.42. The highest BCUT2D eigenvalue weighted by Gasteiger charge is 2.23. The Morgan fingerprint density at radius 3 is 2.53 bits per heavy atom. The molecule has 0 aliphatic rings. The number of ether oxygens (including phenoxy) is 1. The number of nitrogens with one attached hydrogen (secondary N) is 2. The van der Waals surface area contributed by atoms with Crippen LogP contribution in [-0.2, 0) is 9.53 Å². The van der Waals surface area contributed by atoms with Gasteiger partial charge in [0.25, 0.3) is 0 Å². The van der Waals surface area contributed by atoms with Crippen LogP contribution >= 0.6 is 0 Å². The average molecular weight is 275 g/mol. The lowest BCUT2D eigenvalue weighted by atomic mass is 10.1. The van der Waals surface area contributed by atoms with Crippen LogP contribution in [0.25, 0.3) is 0 Å². The Hall–Kier alpha value is -1.34. The van der Waals surface area contributed by atoms with E-state index in [2.05, 4.69) is 10.6 Å². The van der Waals surface area contributed by atoms with E-state index in [4.69, 9.17) is 15.6 Å². The molecule has 0 aromatic rings. The molecule has 7 nitrogen and oxygen atoms in total. The molecule has 0 heterocycles. The molecule has 1 amide bonds. The van der Waals surface area contributed by atoms with Crippen LogP contribution in [0.4, 0.5) is 4.79 Å². The maximum atomic E-state index is 11.6. The molecule has 1 unspecified atom stereocenters. The van der Waals surface area contributed by atoms with E-state index in [0.717, 1.165) is 6.54 Å². The van der Waals surface area contributed by atoms with Gasteiger partial charge in [-0.3, -0.25) is 4.79 Å². The van der Waals surface area contributed by atoms with Crippen molar-refractivity contribution in [2.75, 3.05) is 19.6 Å². The van der Waals surface area contributed by atoms with Gasteiger partial charge in [-0.05, 0) is 33.4 Å². The van der Waals surface area contributed by atoms with E-state index in [1.54, 1.807) is 13.8 Å². The van der Waals surface area contributed by atoms with Gasteiger partial charge in [0, 0.05) is 12.6 Å². The number of aliphatic carboxylic acids is 1. The standard InChI is InChI=1S/C12H25N3O4/c1-4-14-6-5-9(7-10(16)17)15-11(18)19-12(2,3)8-13/h9,14H,4-8,13H2,1-3H3,(H,15,18)(H,16,17). The number of carbonyl (C=O) groups excluding carboxylic acids is 1. The molecule has 0 aliphatic heterocycles. The molecule has 0 rings (SSSR count). The van der Waals surface area contributed by atoms with Crippen LogP contribution in [0, 0.1) is 0 Å². The van der Waals surface area contributed by atoms with Crippen LogP contribution in [0.5, 0.6) is 0 Å². The van der Waals surface area contributed by atoms with E-state index in [9.17, 15) is 9.59 Å². The number of hydrogen-bond donors (Lipinski definition) is 4. The van der Waals surface area contributed by atoms with E-state index in [1.165, 1.54) is 0 Å². The van der Waals surface area contributed by atoms with Gasteiger partial charge in [0.1, 0.15) is 5.60 Å². The number of carboxylic acids is 1. The summed E-state index contributed by atoms with van der Waals surface area (Å²) in [6.07, 6.45) is -0.250. The molecular formula is C12H25N3O4. The van der Waals surface area contributed by atoms with Gasteiger partial charge in [-0.25, -0.2) is 4.79 Å². The summed E-state index contributed by atoms with van der Waals surface area (Å²) in [5.41, 5.74) is 4.69. The summed E-state index contributed by atoms with van der Waals surface area (Å²) >= 11 is 0. The van der Waals surface area contributed by atoms with Gasteiger partial charge in [-0.15, -0.1) is 0 Å². The van der Waals surface area contributed by atoms with Crippen molar-refractivity contribution in [3.8, 4) is 0 Å². The average Bonchev–Trinajstić information content (AvgIpc) is 2.27. The fourth-order valence-corrected chi connectivity index (χ4v) is 1.38. The minimum atomic E-state index is -0.958. The number of alkyl carbamates (subject to hydrolysis) is 1. The monoisotopic (exact) mass is 275 g/mol. The van der Waals surface area contributed by atoms with Crippen molar-refractivity contribution < 1.29 is 19.4 Å². The summed E-state index contributed by atoms with van der Waals surface area (Å²) < 4.78 is 5.12. The Bertz CT molecular complexity index is 295. The van der Waals surface area contributed by atoms with Crippen LogP contribution in [0.2, 0.25) is 0 Å². The summed E-state index contributed by atoms with van der Waals surface area (Å²) in [6, 6.07) is -0.461. The molecule has 112 valence electrons. The van der Waals surface area contributed by atoms with E-state index in [-0.39, 0.29) is 13.0 Å². The molecule has 0 bridgehead atoms. The summed E-state index contributed by atoms with van der Waals surface area (Å²) in [4.78, 5) is 22.4. The molecule has 0 aromatic carbocycles. The van der Waals surface area contributed by atoms with Gasteiger partial charge in [-0.2, -0.15) is 0 Å². The topological polar surface area (TPSA) is 114 Å². The molecule has 1 atom stereocenters. The number of hydrogen-bond acceptors (Lipinski definition) is 5. The van der Waals surface area contributed by atoms with E-state index >= 15 is 0 Å². The summed E-state index contributed by atoms with van der Waals surface area (Å²) in [5, 5.41) is 14.4. The Balaban J connectivity index is 4.29. The van der Waals surface area contributed by atoms with Crippen molar-refractivity contribution in [3.05, 3.63) is 0 Å². The zero-order valence-corrected chi connectivity index (χ0v) is 11.9. The SMILES string of the molecule is CCNCCC(CC(=O)O)NC(=O)OC(C)(C)CN. The molecule has 5 N–H and O–H groups in total. The third-order valence-electron chi connectivity index (χ3n) is 2.52. The highest BCUT2D eigenvalue weighted by atomic mass is 16.6. The maximum Gasteiger partial charge on any atom is 0.407 e. The number of rotatable bonds is 9. The minimum Gasteiger partial charge on any atom is -0.481 e. The molecule has 19 heavy (non-hydrogen) atoms. The Kier molecular flexibility index (Phi) is 8.09. The van der Waals surface area contributed by atoms with Crippen molar-refractivity contribution >= 4 is 12.1 Å². The van der Waals surface area contributed by atoms with Crippen LogP contribution in [0.1, 0.15) is 33.6 Å². The first kappa shape index (κ1) is 17.7. The zero-order chi connectivity index (χ0) is 14.9. The molecule has 0 aliphatic carbocycles. The molecule has 0 saturated carbocycles. The first-order chi connectivity index (χ1) is 8.80. The van der Waals surface area contributed by atoms with Crippen LogP contribution < -0.4 is 16.4 Å². The van der Waals surface area contributed by atoms with E-state index < -0.39 is 23.7 Å². The van der Waals surface area contributed by atoms with Gasteiger partial charge in [0.05, 0.1) is 6.42 Å². The molecule has 0 radical (unpaired) electrons. The maximum absolute atomic E-state index is 11.6. The van der Waals surface area contributed by atoms with E-state index in [0.29, 0.717) is 13.0 Å². The highest BCUT2D eigenvalue weighted by Crippen LogP contribution is 2.07. The number of amides is 1. The molecule has 0 saturated heterocycles. The Morgan fingerprint density at radius 2 is 2.05 bits per heavy atom. The van der Waals surface area contributed by atoms with Gasteiger partial charge in [0.15, 0.2) is 0 Å². The second-order valence-corrected chi connectivity index (χ2v) is 4.93. The van der Waals surface area contributed by atoms with Crippen LogP contribution in [0.3, 0.4) is 0 Å². The van der Waals surface area contributed by atoms with Gasteiger partial charge < -0.3 is 26.2 Å². The van der Waals surface area contributed by atoms with Gasteiger partial charge >= 0.3 is 12.1 Å². The lowest BCUT2D eigenvalue weighted by molar-refractivity contribution is -0.137. The lowest BCUT2D eigenvalue weighted by Gasteiger charge is -2.25. The molecular weight excluding hydrogens is 250 g/mol. The first-order valence-corrected chi connectivity index (χ1v) is 6.42. The summed E-state index contributed by atoms with van der Waals surface area (Å²) in [7, 11) is 0. The predicted molar refractivity (Wildman–Crippen MR) is 72.0 cm³/mol. The van der Waals surface area contributed by atoms with Crippen molar-refractivity contribution in [1.29, 1.82) is 0 Å². The normalized spacial score (nSPS) is 12.8. The molecule has 0 spiro atoms. The lowest BCUT2D eigenvalue weighted by Crippen LogP contribution is -2.44. The minimum absolute atomic E-state index is 0.135. The summed E-state index contributed by atoms with van der Waals surface area (Å²) in [5.74, 6) is -0.958. The largest absolute Gasteiger partial charge is 0.481 e. The Morgan fingerprint density at radius 1 is 1.42 bits per heavy atom. The fourth-order valence-electron chi connectivity index (χ4n) is 1.38. The second-order valence-electron chi connectivity index (χ2n) is 4.93. The van der Waals surface area contributed by atoms with Gasteiger partial charge in [-0.1, -0.05) is 6.92 Å². The third-order valence-corrected chi connectivity index (χ3v) is 2.52. The highest BCUT2D eigenvalue weighted by molar-refractivity contribution is 5.71. The fraction of sp³-hybridized carbons (Fsp3) is 0.833. The zero-order valence-electron chi connectivity index (χ0n) is 11.9. The van der Waals surface area contributed by atoms with Crippen molar-refractivity contribution in [3.63, 3.8) is 0 Å². The molecule has 0 aromatic heterocycles. The van der Waals surface area contributed by atoms with Gasteiger partial charge in [0.2, 0.25) is 0 Å². The van der Waals surface area contributed by atoms with Crippen molar-refractivity contribution in [2.24, 2.45) is 5.73 Å². The number of carboxylic acid groups (broad SMARTS) is 1. The Labute approximate surface area is 113 Å². The molecule has 0 fully saturated rings. The van der Waals surface area contributed by atoms with Crippen molar-refractivity contribution in [1.82, 2.24) is 10.6 Å². The molecule has 7 heteroatoms. The number of carbonyl (C=O) groups is 2. The number of nitrogens with two attached hydrogens (primary N) is 1. The summed E-state index contributed by atoms with van der Waals surface area (Å²) in [6.45, 7) is 6.97. The third kappa shape index (κ3) is 9.26. The predicted octanol–water partition coefficient (Wildman–Crippen LogP) is 0.293. The van der Waals surface area contributed by atoms with Crippen molar-refractivity contribution in [2.45, 2.75) is 45.3 Å². The smallest absolute Gasteiger partial charge is 0.407 e. The quantitative estimate of drug-likeness (QED) is 0.450.